The average Bonchev–Trinajstić information content (AvgIpc) is 2.08. The lowest BCUT2D eigenvalue weighted by Gasteiger charge is -2.18. The lowest BCUT2D eigenvalue weighted by atomic mass is 9.91. The van der Waals surface area contributed by atoms with Crippen LogP contribution in [0.1, 0.15) is 32.3 Å². The van der Waals surface area contributed by atoms with E-state index in [0.717, 1.165) is 0 Å². The predicted molar refractivity (Wildman–Crippen MR) is 62.4 cm³/mol. The first-order valence-electron chi connectivity index (χ1n) is 5.30. The van der Waals surface area contributed by atoms with Gasteiger partial charge in [-0.15, -0.1) is 0 Å². The molecule has 0 saturated carbocycles. The van der Waals surface area contributed by atoms with E-state index in [4.69, 9.17) is 0 Å². The van der Waals surface area contributed by atoms with E-state index in [1.165, 1.54) is 10.6 Å². The normalized spacial score (nSPS) is 11.6. The number of carbonyl (C=O) groups is 1. The second-order valence-electron chi connectivity index (χ2n) is 5.04. The van der Waals surface area contributed by atoms with Crippen LogP contribution in [0.3, 0.4) is 0 Å². The number of aromatic nitrogens is 2. The SMILES string of the molecule is Cc1cc(=O)n(CC(=O)C(C)(C)C)c(C)n1. The van der Waals surface area contributed by atoms with Crippen LogP contribution < -0.4 is 5.56 Å². The zero-order chi connectivity index (χ0) is 12.5. The van der Waals surface area contributed by atoms with Gasteiger partial charge in [-0.25, -0.2) is 4.98 Å². The Morgan fingerprint density at radius 2 is 1.94 bits per heavy atom. The van der Waals surface area contributed by atoms with Crippen LogP contribution in [-0.2, 0) is 11.3 Å². The van der Waals surface area contributed by atoms with Gasteiger partial charge in [0.2, 0.25) is 0 Å². The molecule has 0 aromatic carbocycles. The number of rotatable bonds is 2. The molecule has 1 heterocycles. The molecule has 0 unspecified atom stereocenters. The van der Waals surface area contributed by atoms with Crippen molar-refractivity contribution in [1.29, 1.82) is 0 Å². The molecular weight excluding hydrogens is 204 g/mol. The maximum Gasteiger partial charge on any atom is 0.254 e. The summed E-state index contributed by atoms with van der Waals surface area (Å²) in [4.78, 5) is 27.7. The summed E-state index contributed by atoms with van der Waals surface area (Å²) in [5.74, 6) is 0.617. The monoisotopic (exact) mass is 222 g/mol. The van der Waals surface area contributed by atoms with Gasteiger partial charge in [-0.3, -0.25) is 14.2 Å². The fourth-order valence-corrected chi connectivity index (χ4v) is 1.34. The molecule has 4 nitrogen and oxygen atoms in total. The van der Waals surface area contributed by atoms with Gasteiger partial charge in [0, 0.05) is 17.2 Å². The molecule has 88 valence electrons. The van der Waals surface area contributed by atoms with E-state index in [2.05, 4.69) is 4.98 Å². The van der Waals surface area contributed by atoms with E-state index < -0.39 is 5.41 Å². The highest BCUT2D eigenvalue weighted by molar-refractivity contribution is 5.83. The lowest BCUT2D eigenvalue weighted by Crippen LogP contribution is -2.32. The van der Waals surface area contributed by atoms with Crippen molar-refractivity contribution in [2.24, 2.45) is 5.41 Å². The van der Waals surface area contributed by atoms with E-state index >= 15 is 0 Å². The topological polar surface area (TPSA) is 52.0 Å². The van der Waals surface area contributed by atoms with Gasteiger partial charge in [0.05, 0.1) is 6.54 Å². The van der Waals surface area contributed by atoms with Crippen molar-refractivity contribution in [3.63, 3.8) is 0 Å². The van der Waals surface area contributed by atoms with E-state index in [-0.39, 0.29) is 17.9 Å². The summed E-state index contributed by atoms with van der Waals surface area (Å²) in [5, 5.41) is 0. The molecule has 1 rings (SSSR count). The van der Waals surface area contributed by atoms with Crippen molar-refractivity contribution in [1.82, 2.24) is 9.55 Å². The molecule has 0 aliphatic rings. The van der Waals surface area contributed by atoms with Crippen LogP contribution in [0, 0.1) is 19.3 Å². The third kappa shape index (κ3) is 2.78. The predicted octanol–water partition coefficient (Wildman–Crippen LogP) is 1.48. The zero-order valence-electron chi connectivity index (χ0n) is 10.5. The molecule has 1 aromatic rings. The van der Waals surface area contributed by atoms with Gasteiger partial charge in [-0.1, -0.05) is 20.8 Å². The molecule has 0 atom stereocenters. The zero-order valence-corrected chi connectivity index (χ0v) is 10.5. The molecule has 0 aliphatic carbocycles. The number of hydrogen-bond donors (Lipinski definition) is 0. The number of aryl methyl sites for hydroxylation is 2. The Morgan fingerprint density at radius 3 is 2.38 bits per heavy atom. The van der Waals surface area contributed by atoms with Crippen LogP contribution >= 0.6 is 0 Å². The molecule has 0 aliphatic heterocycles. The molecule has 0 bridgehead atoms. The molecule has 16 heavy (non-hydrogen) atoms. The maximum atomic E-state index is 11.8. The summed E-state index contributed by atoms with van der Waals surface area (Å²) < 4.78 is 1.42. The third-order valence-corrected chi connectivity index (χ3v) is 2.47. The minimum absolute atomic E-state index is 0.0309. The minimum Gasteiger partial charge on any atom is -0.297 e. The van der Waals surface area contributed by atoms with Gasteiger partial charge in [0.15, 0.2) is 5.78 Å². The summed E-state index contributed by atoms with van der Waals surface area (Å²) in [6, 6.07) is 1.45. The van der Waals surface area contributed by atoms with Crippen molar-refractivity contribution in [3.8, 4) is 0 Å². The highest BCUT2D eigenvalue weighted by atomic mass is 16.1. The van der Waals surface area contributed by atoms with E-state index in [1.807, 2.05) is 20.8 Å². The maximum absolute atomic E-state index is 11.8. The Labute approximate surface area is 95.3 Å². The molecule has 1 aromatic heterocycles. The van der Waals surface area contributed by atoms with Gasteiger partial charge >= 0.3 is 0 Å². The highest BCUT2D eigenvalue weighted by Gasteiger charge is 2.22. The van der Waals surface area contributed by atoms with E-state index in [0.29, 0.717) is 11.5 Å². The molecule has 0 N–H and O–H groups in total. The molecule has 0 fully saturated rings. The summed E-state index contributed by atoms with van der Waals surface area (Å²) in [5.41, 5.74) is 0.0843. The smallest absolute Gasteiger partial charge is 0.254 e. The Hall–Kier alpha value is -1.45. The Morgan fingerprint density at radius 1 is 1.38 bits per heavy atom. The van der Waals surface area contributed by atoms with E-state index in [9.17, 15) is 9.59 Å². The number of carbonyl (C=O) groups excluding carboxylic acids is 1. The van der Waals surface area contributed by atoms with Crippen LogP contribution in [0.15, 0.2) is 10.9 Å². The highest BCUT2D eigenvalue weighted by Crippen LogP contribution is 2.15. The molecular formula is C12H18N2O2. The standard InChI is InChI=1S/C12H18N2O2/c1-8-6-11(16)14(9(2)13-8)7-10(15)12(3,4)5/h6H,7H2,1-5H3. The first-order chi connectivity index (χ1) is 7.21. The quantitative estimate of drug-likeness (QED) is 0.761. The fourth-order valence-electron chi connectivity index (χ4n) is 1.34. The summed E-state index contributed by atoms with van der Waals surface area (Å²) in [6.45, 7) is 9.14. The first kappa shape index (κ1) is 12.6. The largest absolute Gasteiger partial charge is 0.297 e. The minimum atomic E-state index is -0.434. The third-order valence-electron chi connectivity index (χ3n) is 2.47. The van der Waals surface area contributed by atoms with Gasteiger partial charge in [-0.2, -0.15) is 0 Å². The molecule has 0 spiro atoms. The van der Waals surface area contributed by atoms with Gasteiger partial charge in [0.25, 0.3) is 5.56 Å². The Kier molecular flexibility index (Phi) is 3.31. The second-order valence-corrected chi connectivity index (χ2v) is 5.04. The molecule has 0 saturated heterocycles. The summed E-state index contributed by atoms with van der Waals surface area (Å²) >= 11 is 0. The molecule has 0 radical (unpaired) electrons. The first-order valence-corrected chi connectivity index (χ1v) is 5.30. The molecule has 4 heteroatoms. The van der Waals surface area contributed by atoms with Crippen molar-refractivity contribution in [3.05, 3.63) is 27.9 Å². The van der Waals surface area contributed by atoms with Crippen LogP contribution in [-0.4, -0.2) is 15.3 Å². The van der Waals surface area contributed by atoms with Crippen molar-refractivity contribution in [2.75, 3.05) is 0 Å². The van der Waals surface area contributed by atoms with Crippen LogP contribution in [0.5, 0.6) is 0 Å². The van der Waals surface area contributed by atoms with Gasteiger partial charge in [-0.05, 0) is 13.8 Å². The number of hydrogen-bond acceptors (Lipinski definition) is 3. The van der Waals surface area contributed by atoms with Crippen LogP contribution in [0.25, 0.3) is 0 Å². The summed E-state index contributed by atoms with van der Waals surface area (Å²) in [6.07, 6.45) is 0. The van der Waals surface area contributed by atoms with E-state index in [1.54, 1.807) is 13.8 Å². The van der Waals surface area contributed by atoms with Gasteiger partial charge in [0.1, 0.15) is 5.82 Å². The molecule has 0 amide bonds. The lowest BCUT2D eigenvalue weighted by molar-refractivity contribution is -0.127. The second kappa shape index (κ2) is 4.20. The number of Topliss-reactive ketones (excluding diaryl/α,β-unsaturated/α-hetero) is 1. The van der Waals surface area contributed by atoms with Crippen molar-refractivity contribution < 1.29 is 4.79 Å². The average molecular weight is 222 g/mol. The summed E-state index contributed by atoms with van der Waals surface area (Å²) in [7, 11) is 0. The van der Waals surface area contributed by atoms with Crippen molar-refractivity contribution in [2.45, 2.75) is 41.2 Å². The fraction of sp³-hybridized carbons (Fsp3) is 0.583. The Bertz CT molecular complexity index is 467. The number of ketones is 1. The van der Waals surface area contributed by atoms with Gasteiger partial charge < -0.3 is 0 Å². The van der Waals surface area contributed by atoms with Crippen LogP contribution in [0.4, 0.5) is 0 Å². The van der Waals surface area contributed by atoms with Crippen molar-refractivity contribution >= 4 is 5.78 Å². The Balaban J connectivity index is 3.08. The number of nitrogens with zero attached hydrogens (tertiary/aromatic N) is 2. The van der Waals surface area contributed by atoms with Crippen LogP contribution in [0.2, 0.25) is 0 Å².